The van der Waals surface area contributed by atoms with Crippen LogP contribution in [0.3, 0.4) is 0 Å². The zero-order chi connectivity index (χ0) is 11.1. The first-order valence-electron chi connectivity index (χ1n) is 4.95. The predicted octanol–water partition coefficient (Wildman–Crippen LogP) is 1.77. The monoisotopic (exact) mass is 205 g/mol. The highest BCUT2D eigenvalue weighted by molar-refractivity contribution is 5.94. The number of benzene rings is 1. The first-order valence-corrected chi connectivity index (χ1v) is 4.95. The number of para-hydroxylation sites is 1. The van der Waals surface area contributed by atoms with Crippen LogP contribution in [0.25, 0.3) is 0 Å². The third-order valence-electron chi connectivity index (χ3n) is 2.37. The number of hydrazine groups is 1. The number of hydrogen-bond donors (Lipinski definition) is 2. The lowest BCUT2D eigenvalue weighted by Gasteiger charge is -2.21. The summed E-state index contributed by atoms with van der Waals surface area (Å²) in [5.74, 6) is 0. The van der Waals surface area contributed by atoms with E-state index < -0.39 is 0 Å². The molecule has 1 aliphatic rings. The van der Waals surface area contributed by atoms with Crippen molar-refractivity contribution in [2.75, 3.05) is 5.01 Å². The van der Waals surface area contributed by atoms with Gasteiger partial charge in [0.1, 0.15) is 5.66 Å². The zero-order valence-electron chi connectivity index (χ0n) is 9.16. The number of rotatable bonds is 1. The quantitative estimate of drug-likeness (QED) is 0.733. The number of carbonyl (C=O) groups is 1. The molecule has 0 spiro atoms. The van der Waals surface area contributed by atoms with Gasteiger partial charge in [-0.05, 0) is 32.4 Å². The Hall–Kier alpha value is -1.55. The Balaban J connectivity index is 2.34. The van der Waals surface area contributed by atoms with Gasteiger partial charge < -0.3 is 5.32 Å². The minimum Gasteiger partial charge on any atom is -0.317 e. The highest BCUT2D eigenvalue weighted by Gasteiger charge is 2.35. The Kier molecular flexibility index (Phi) is 2.16. The molecule has 2 amide bonds. The third kappa shape index (κ3) is 1.80. The summed E-state index contributed by atoms with van der Waals surface area (Å²) in [6.45, 7) is 5.82. The van der Waals surface area contributed by atoms with Crippen molar-refractivity contribution >= 4 is 11.7 Å². The summed E-state index contributed by atoms with van der Waals surface area (Å²) in [6, 6.07) is 7.66. The van der Waals surface area contributed by atoms with Gasteiger partial charge in [0.05, 0.1) is 5.69 Å². The maximum atomic E-state index is 11.7. The molecule has 4 heteroatoms. The van der Waals surface area contributed by atoms with E-state index in [1.165, 1.54) is 0 Å². The van der Waals surface area contributed by atoms with Gasteiger partial charge in [0.15, 0.2) is 0 Å². The van der Waals surface area contributed by atoms with E-state index in [1.807, 2.05) is 45.0 Å². The molecule has 4 nitrogen and oxygen atoms in total. The number of nitrogens with one attached hydrogen (secondary N) is 2. The topological polar surface area (TPSA) is 44.4 Å². The molecule has 1 heterocycles. The second-order valence-corrected chi connectivity index (χ2v) is 4.29. The Morgan fingerprint density at radius 2 is 1.93 bits per heavy atom. The summed E-state index contributed by atoms with van der Waals surface area (Å²) in [5, 5.41) is 4.40. The molecule has 1 aromatic carbocycles. The molecule has 0 aliphatic carbocycles. The minimum absolute atomic E-state index is 0.116. The van der Waals surface area contributed by atoms with E-state index >= 15 is 0 Å². The van der Waals surface area contributed by atoms with E-state index in [0.717, 1.165) is 11.3 Å². The Morgan fingerprint density at radius 3 is 2.47 bits per heavy atom. The van der Waals surface area contributed by atoms with E-state index in [4.69, 9.17) is 0 Å². The molecule has 0 bridgehead atoms. The molecule has 1 fully saturated rings. The molecule has 0 unspecified atom stereocenters. The Labute approximate surface area is 89.2 Å². The van der Waals surface area contributed by atoms with E-state index in [0.29, 0.717) is 0 Å². The summed E-state index contributed by atoms with van der Waals surface area (Å²) in [7, 11) is 0. The third-order valence-corrected chi connectivity index (χ3v) is 2.37. The van der Waals surface area contributed by atoms with Gasteiger partial charge in [-0.2, -0.15) is 0 Å². The molecule has 1 saturated heterocycles. The predicted molar refractivity (Wildman–Crippen MR) is 59.4 cm³/mol. The van der Waals surface area contributed by atoms with E-state index in [1.54, 1.807) is 5.01 Å². The smallest absolute Gasteiger partial charge is 0.317 e. The number of anilines is 1. The lowest BCUT2D eigenvalue weighted by atomic mass is 10.2. The average molecular weight is 205 g/mol. The molecule has 1 aliphatic heterocycles. The van der Waals surface area contributed by atoms with Crippen molar-refractivity contribution in [1.82, 2.24) is 10.7 Å². The molecule has 0 aromatic heterocycles. The first kappa shape index (κ1) is 9.98. The fourth-order valence-electron chi connectivity index (χ4n) is 1.67. The van der Waals surface area contributed by atoms with Crippen LogP contribution >= 0.6 is 0 Å². The van der Waals surface area contributed by atoms with Crippen molar-refractivity contribution in [1.29, 1.82) is 0 Å². The second-order valence-electron chi connectivity index (χ2n) is 4.29. The van der Waals surface area contributed by atoms with Crippen LogP contribution in [0.15, 0.2) is 24.3 Å². The summed E-state index contributed by atoms with van der Waals surface area (Å²) in [6.07, 6.45) is 0. The number of hydrogen-bond acceptors (Lipinski definition) is 2. The van der Waals surface area contributed by atoms with Crippen molar-refractivity contribution in [3.05, 3.63) is 29.8 Å². The van der Waals surface area contributed by atoms with Crippen LogP contribution in [0.4, 0.5) is 10.5 Å². The molecule has 0 radical (unpaired) electrons. The standard InChI is InChI=1S/C11H15N3O/c1-8-6-4-5-7-9(8)14-10(15)12-11(2,3)13-14/h4-7,13H,1-3H3,(H,12,15). The second kappa shape index (κ2) is 3.24. The molecular weight excluding hydrogens is 190 g/mol. The van der Waals surface area contributed by atoms with Gasteiger partial charge in [-0.1, -0.05) is 18.2 Å². The van der Waals surface area contributed by atoms with Crippen molar-refractivity contribution in [2.24, 2.45) is 0 Å². The SMILES string of the molecule is Cc1ccccc1N1NC(C)(C)NC1=O. The Bertz CT molecular complexity index is 401. The summed E-state index contributed by atoms with van der Waals surface area (Å²) < 4.78 is 0. The average Bonchev–Trinajstić information content (AvgIpc) is 2.40. The maximum absolute atomic E-state index is 11.7. The van der Waals surface area contributed by atoms with Crippen LogP contribution in [0.1, 0.15) is 19.4 Å². The summed E-state index contributed by atoms with van der Waals surface area (Å²) in [4.78, 5) is 11.7. The number of carbonyl (C=O) groups excluding carboxylic acids is 1. The van der Waals surface area contributed by atoms with Gasteiger partial charge in [-0.3, -0.25) is 0 Å². The normalized spacial score (nSPS) is 19.1. The number of urea groups is 1. The molecule has 2 rings (SSSR count). The van der Waals surface area contributed by atoms with Gasteiger partial charge in [0.2, 0.25) is 0 Å². The van der Waals surface area contributed by atoms with Crippen molar-refractivity contribution in [3.8, 4) is 0 Å². The maximum Gasteiger partial charge on any atom is 0.338 e. The van der Waals surface area contributed by atoms with Crippen LogP contribution in [0.2, 0.25) is 0 Å². The summed E-state index contributed by atoms with van der Waals surface area (Å²) >= 11 is 0. The van der Waals surface area contributed by atoms with Crippen LogP contribution in [0, 0.1) is 6.92 Å². The molecule has 0 atom stereocenters. The van der Waals surface area contributed by atoms with Gasteiger partial charge in [-0.15, -0.1) is 0 Å². The number of amides is 2. The molecule has 0 saturated carbocycles. The van der Waals surface area contributed by atoms with Gasteiger partial charge >= 0.3 is 6.03 Å². The van der Waals surface area contributed by atoms with Crippen LogP contribution < -0.4 is 15.8 Å². The minimum atomic E-state index is -0.390. The molecule has 80 valence electrons. The van der Waals surface area contributed by atoms with Crippen molar-refractivity contribution < 1.29 is 4.79 Å². The molecule has 2 N–H and O–H groups in total. The van der Waals surface area contributed by atoms with E-state index in [9.17, 15) is 4.79 Å². The van der Waals surface area contributed by atoms with Crippen molar-refractivity contribution in [2.45, 2.75) is 26.4 Å². The van der Waals surface area contributed by atoms with E-state index in [2.05, 4.69) is 10.7 Å². The zero-order valence-corrected chi connectivity index (χ0v) is 9.16. The van der Waals surface area contributed by atoms with Crippen LogP contribution in [-0.4, -0.2) is 11.7 Å². The number of nitrogens with zero attached hydrogens (tertiary/aromatic N) is 1. The lowest BCUT2D eigenvalue weighted by Crippen LogP contribution is -2.45. The molecule has 1 aromatic rings. The van der Waals surface area contributed by atoms with Gasteiger partial charge in [0, 0.05) is 0 Å². The van der Waals surface area contributed by atoms with Crippen LogP contribution in [0.5, 0.6) is 0 Å². The van der Waals surface area contributed by atoms with E-state index in [-0.39, 0.29) is 11.7 Å². The van der Waals surface area contributed by atoms with Gasteiger partial charge in [0.25, 0.3) is 0 Å². The molecular formula is C11H15N3O. The molecule has 15 heavy (non-hydrogen) atoms. The fourth-order valence-corrected chi connectivity index (χ4v) is 1.67. The summed E-state index contributed by atoms with van der Waals surface area (Å²) in [5.41, 5.74) is 4.68. The lowest BCUT2D eigenvalue weighted by molar-refractivity contribution is 0.248. The number of aryl methyl sites for hydroxylation is 1. The first-order chi connectivity index (χ1) is 6.99. The fraction of sp³-hybridized carbons (Fsp3) is 0.364. The van der Waals surface area contributed by atoms with Gasteiger partial charge in [-0.25, -0.2) is 15.2 Å². The van der Waals surface area contributed by atoms with Crippen LogP contribution in [-0.2, 0) is 0 Å². The highest BCUT2D eigenvalue weighted by atomic mass is 16.2. The highest BCUT2D eigenvalue weighted by Crippen LogP contribution is 2.22. The van der Waals surface area contributed by atoms with Crippen molar-refractivity contribution in [3.63, 3.8) is 0 Å². The Morgan fingerprint density at radius 1 is 1.27 bits per heavy atom. The largest absolute Gasteiger partial charge is 0.338 e.